The molecule has 1 N–H and O–H groups in total. The maximum atomic E-state index is 4.90. The summed E-state index contributed by atoms with van der Waals surface area (Å²) in [7, 11) is 0. The van der Waals surface area contributed by atoms with Crippen LogP contribution in [0.1, 0.15) is 19.8 Å². The van der Waals surface area contributed by atoms with E-state index in [1.165, 1.54) is 12.8 Å². The molecule has 0 aromatic rings. The fourth-order valence-corrected chi connectivity index (χ4v) is 0.724. The second kappa shape index (κ2) is 4.06. The fraction of sp³-hybridized carbons (Fsp3) is 1.00. The first-order valence-corrected chi connectivity index (χ1v) is 2.81. The van der Waals surface area contributed by atoms with Crippen LogP contribution in [0.25, 0.3) is 0 Å². The molecule has 50 valence electrons. The van der Waals surface area contributed by atoms with Gasteiger partial charge in [0.25, 0.3) is 0 Å². The monoisotopic (exact) mass is 133 g/mol. The van der Waals surface area contributed by atoms with Crippen molar-refractivity contribution in [2.24, 2.45) is 0 Å². The predicted molar refractivity (Wildman–Crippen MR) is 39.1 cm³/mol. The zero-order valence-corrected chi connectivity index (χ0v) is 4.61. The van der Waals surface area contributed by atoms with Gasteiger partial charge in [0.15, 0.2) is 0 Å². The minimum atomic E-state index is 0. The highest BCUT2D eigenvalue weighted by Gasteiger charge is 2.10. The third-order valence-corrected chi connectivity index (χ3v) is 1.31. The first-order chi connectivity index (χ1) is 3.43. The average molecular weight is 133 g/mol. The Morgan fingerprint density at radius 3 is 2.75 bits per heavy atom. The molecule has 0 aliphatic carbocycles. The van der Waals surface area contributed by atoms with E-state index in [0.29, 0.717) is 6.04 Å². The van der Waals surface area contributed by atoms with Crippen molar-refractivity contribution in [1.82, 2.24) is 5.48 Å². The van der Waals surface area contributed by atoms with E-state index in [1.54, 1.807) is 0 Å². The van der Waals surface area contributed by atoms with Crippen molar-refractivity contribution in [3.05, 3.63) is 0 Å². The summed E-state index contributed by atoms with van der Waals surface area (Å²) in [6.45, 7) is 3.05. The first-order valence-electron chi connectivity index (χ1n) is 2.81. The summed E-state index contributed by atoms with van der Waals surface area (Å²) in [4.78, 5) is 4.90. The van der Waals surface area contributed by atoms with Crippen LogP contribution >= 0.6 is 0 Å². The van der Waals surface area contributed by atoms with E-state index in [4.69, 9.17) is 4.84 Å². The average Bonchev–Trinajstić information content (AvgIpc) is 2.14. The van der Waals surface area contributed by atoms with Crippen LogP contribution in [0.15, 0.2) is 0 Å². The second-order valence-corrected chi connectivity index (χ2v) is 1.86. The van der Waals surface area contributed by atoms with Crippen LogP contribution in [-0.4, -0.2) is 23.6 Å². The van der Waals surface area contributed by atoms with Crippen LogP contribution in [-0.2, 0) is 4.84 Å². The Balaban J connectivity index is 0.000000490. The molecule has 0 aromatic heterocycles. The van der Waals surface area contributed by atoms with E-state index in [9.17, 15) is 0 Å². The van der Waals surface area contributed by atoms with Gasteiger partial charge in [0.1, 0.15) is 0 Å². The fourth-order valence-electron chi connectivity index (χ4n) is 0.724. The molecule has 2 nitrogen and oxygen atoms in total. The highest BCUT2D eigenvalue weighted by atomic mass is 28.1. The highest BCUT2D eigenvalue weighted by Crippen LogP contribution is 2.02. The number of hydrogen-bond donors (Lipinski definition) is 1. The van der Waals surface area contributed by atoms with Crippen LogP contribution in [0.3, 0.4) is 0 Å². The van der Waals surface area contributed by atoms with Crippen molar-refractivity contribution in [2.75, 3.05) is 6.61 Å². The van der Waals surface area contributed by atoms with E-state index in [2.05, 4.69) is 12.4 Å². The molecule has 1 rings (SSSR count). The highest BCUT2D eigenvalue weighted by molar-refractivity contribution is 5.75. The number of rotatable bonds is 1. The molecular weight excluding hydrogens is 118 g/mol. The third-order valence-electron chi connectivity index (χ3n) is 1.31. The van der Waals surface area contributed by atoms with Gasteiger partial charge in [-0.2, -0.15) is 5.48 Å². The molecule has 1 fully saturated rings. The van der Waals surface area contributed by atoms with Crippen LogP contribution in [0, 0.1) is 0 Å². The molecule has 1 saturated heterocycles. The van der Waals surface area contributed by atoms with Crippen LogP contribution in [0.5, 0.6) is 0 Å². The van der Waals surface area contributed by atoms with Gasteiger partial charge in [-0.05, 0) is 23.8 Å². The van der Waals surface area contributed by atoms with Crippen LogP contribution in [0.2, 0.25) is 0 Å². The third kappa shape index (κ3) is 1.94. The maximum Gasteiger partial charge on any atom is 0.0698 e. The smallest absolute Gasteiger partial charge is 0.0698 e. The van der Waals surface area contributed by atoms with E-state index >= 15 is 0 Å². The van der Waals surface area contributed by atoms with Crippen molar-refractivity contribution in [3.63, 3.8) is 0 Å². The summed E-state index contributed by atoms with van der Waals surface area (Å²) < 4.78 is 0. The Morgan fingerprint density at radius 1 is 1.75 bits per heavy atom. The zero-order chi connectivity index (χ0) is 5.11. The minimum Gasteiger partial charge on any atom is -0.301 e. The molecule has 0 saturated carbocycles. The molecule has 0 spiro atoms. The van der Waals surface area contributed by atoms with E-state index in [1.807, 2.05) is 0 Å². The molecule has 1 heterocycles. The van der Waals surface area contributed by atoms with E-state index < -0.39 is 0 Å². The zero-order valence-electron chi connectivity index (χ0n) is 4.61. The van der Waals surface area contributed by atoms with Crippen molar-refractivity contribution in [3.8, 4) is 0 Å². The topological polar surface area (TPSA) is 21.3 Å². The van der Waals surface area contributed by atoms with E-state index in [0.717, 1.165) is 6.61 Å². The lowest BCUT2D eigenvalue weighted by atomic mass is 10.2. The van der Waals surface area contributed by atoms with Gasteiger partial charge in [0.2, 0.25) is 0 Å². The second-order valence-electron chi connectivity index (χ2n) is 1.86. The Labute approximate surface area is 54.6 Å². The lowest BCUT2D eigenvalue weighted by Gasteiger charge is -1.99. The molecule has 0 aromatic carbocycles. The van der Waals surface area contributed by atoms with Gasteiger partial charge in [-0.3, -0.25) is 0 Å². The Hall–Kier alpha value is 0.137. The Bertz CT molecular complexity index is 54.4. The summed E-state index contributed by atoms with van der Waals surface area (Å²) >= 11 is 0. The number of hydroxylamine groups is 1. The maximum absolute atomic E-state index is 4.90. The van der Waals surface area contributed by atoms with Gasteiger partial charge in [0, 0.05) is 6.04 Å². The van der Waals surface area contributed by atoms with Gasteiger partial charge < -0.3 is 4.84 Å². The molecule has 0 bridgehead atoms. The van der Waals surface area contributed by atoms with Gasteiger partial charge in [0.05, 0.1) is 6.61 Å². The molecule has 1 unspecified atom stereocenters. The summed E-state index contributed by atoms with van der Waals surface area (Å²) in [5.74, 6) is 0. The van der Waals surface area contributed by atoms with Gasteiger partial charge in [-0.25, -0.2) is 0 Å². The van der Waals surface area contributed by atoms with Gasteiger partial charge >= 0.3 is 0 Å². The first kappa shape index (κ1) is 8.14. The summed E-state index contributed by atoms with van der Waals surface area (Å²) in [5, 5.41) is 0. The van der Waals surface area contributed by atoms with Crippen molar-refractivity contribution in [1.29, 1.82) is 0 Å². The molecule has 1 aliphatic heterocycles. The SMILES string of the molecule is CCC1CCON1.[SiH4]. The Morgan fingerprint density at radius 2 is 2.50 bits per heavy atom. The summed E-state index contributed by atoms with van der Waals surface area (Å²) in [6, 6.07) is 0.625. The largest absolute Gasteiger partial charge is 0.301 e. The van der Waals surface area contributed by atoms with Crippen LogP contribution in [0.4, 0.5) is 0 Å². The standard InChI is InChI=1S/C5H11NO.H4Si/c1-2-5-3-4-7-6-5;/h5-6H,2-4H2,1H3;1H4. The lowest BCUT2D eigenvalue weighted by Crippen LogP contribution is -2.18. The van der Waals surface area contributed by atoms with Crippen molar-refractivity contribution >= 4 is 11.0 Å². The molecule has 0 radical (unpaired) electrons. The molecule has 0 amide bonds. The number of nitrogens with one attached hydrogen (secondary N) is 1. The predicted octanol–water partition coefficient (Wildman–Crippen LogP) is -0.762. The van der Waals surface area contributed by atoms with Crippen molar-refractivity contribution < 1.29 is 4.84 Å². The number of hydrogen-bond acceptors (Lipinski definition) is 2. The molecule has 1 aliphatic rings. The van der Waals surface area contributed by atoms with Gasteiger partial charge in [-0.15, -0.1) is 0 Å². The molecule has 1 atom stereocenters. The summed E-state index contributed by atoms with van der Waals surface area (Å²) in [6.07, 6.45) is 2.36. The van der Waals surface area contributed by atoms with Crippen LogP contribution < -0.4 is 5.48 Å². The summed E-state index contributed by atoms with van der Waals surface area (Å²) in [5.41, 5.74) is 2.91. The molecule has 3 heteroatoms. The molecule has 8 heavy (non-hydrogen) atoms. The quantitative estimate of drug-likeness (QED) is 0.475. The van der Waals surface area contributed by atoms with Crippen molar-refractivity contribution in [2.45, 2.75) is 25.8 Å². The normalized spacial score (nSPS) is 27.4. The molecular formula is C5H15NOSi. The van der Waals surface area contributed by atoms with E-state index in [-0.39, 0.29) is 11.0 Å². The van der Waals surface area contributed by atoms with Gasteiger partial charge in [-0.1, -0.05) is 6.92 Å². The Kier molecular flexibility index (Phi) is 4.13. The lowest BCUT2D eigenvalue weighted by molar-refractivity contribution is 0.0877. The minimum absolute atomic E-state index is 0.